The van der Waals surface area contributed by atoms with Crippen LogP contribution < -0.4 is 10.6 Å². The Kier molecular flexibility index (Phi) is 5.47. The molecule has 0 amide bonds. The highest BCUT2D eigenvalue weighted by Gasteiger charge is 2.48. The van der Waals surface area contributed by atoms with E-state index in [0.29, 0.717) is 42.8 Å². The number of Topliss-reactive ketones (excluding diaryl/α,β-unsaturated/α-hetero) is 1. The van der Waals surface area contributed by atoms with Crippen LogP contribution in [0.1, 0.15) is 19.8 Å². The number of nitrogens with one attached hydrogen (secondary N) is 2. The Morgan fingerprint density at radius 1 is 1.32 bits per heavy atom. The minimum atomic E-state index is -0.129. The first-order chi connectivity index (χ1) is 13.5. The van der Waals surface area contributed by atoms with E-state index in [1.165, 1.54) is 0 Å². The molecule has 4 rings (SSSR count). The molecule has 150 valence electrons. The van der Waals surface area contributed by atoms with Crippen molar-refractivity contribution in [3.63, 3.8) is 0 Å². The SMILES string of the molecule is CCC(=O)CC1COC2C(Nc3nc(Nc4cnn(C)c4)ncc3Cl)COC12. The molecule has 2 fully saturated rings. The first-order valence-electron chi connectivity index (χ1n) is 9.33. The fourth-order valence-corrected chi connectivity index (χ4v) is 3.78. The predicted octanol–water partition coefficient (Wildman–Crippen LogP) is 2.17. The van der Waals surface area contributed by atoms with E-state index >= 15 is 0 Å². The minimum Gasteiger partial charge on any atom is -0.373 e. The molecule has 2 aliphatic rings. The number of nitrogens with zero attached hydrogens (tertiary/aromatic N) is 4. The monoisotopic (exact) mass is 406 g/mol. The molecule has 10 heteroatoms. The lowest BCUT2D eigenvalue weighted by molar-refractivity contribution is -0.120. The molecule has 0 bridgehead atoms. The predicted molar refractivity (Wildman–Crippen MR) is 104 cm³/mol. The van der Waals surface area contributed by atoms with Gasteiger partial charge in [0.1, 0.15) is 16.9 Å². The normalized spacial score (nSPS) is 26.2. The lowest BCUT2D eigenvalue weighted by Crippen LogP contribution is -2.35. The summed E-state index contributed by atoms with van der Waals surface area (Å²) < 4.78 is 13.6. The van der Waals surface area contributed by atoms with Crippen LogP contribution in [0.4, 0.5) is 17.5 Å². The van der Waals surface area contributed by atoms with Gasteiger partial charge in [0.25, 0.3) is 0 Å². The summed E-state index contributed by atoms with van der Waals surface area (Å²) in [6.45, 7) is 2.88. The third-order valence-electron chi connectivity index (χ3n) is 5.07. The molecule has 4 heterocycles. The first-order valence-corrected chi connectivity index (χ1v) is 9.71. The van der Waals surface area contributed by atoms with Gasteiger partial charge in [0.15, 0.2) is 5.82 Å². The van der Waals surface area contributed by atoms with Gasteiger partial charge >= 0.3 is 0 Å². The average Bonchev–Trinajstić information content (AvgIpc) is 3.37. The van der Waals surface area contributed by atoms with Crippen molar-refractivity contribution in [2.45, 2.75) is 38.0 Å². The van der Waals surface area contributed by atoms with Crippen molar-refractivity contribution in [3.8, 4) is 0 Å². The van der Waals surface area contributed by atoms with Gasteiger partial charge in [-0.05, 0) is 0 Å². The zero-order chi connectivity index (χ0) is 19.7. The second-order valence-electron chi connectivity index (χ2n) is 7.12. The van der Waals surface area contributed by atoms with E-state index < -0.39 is 0 Å². The summed E-state index contributed by atoms with van der Waals surface area (Å²) in [7, 11) is 1.83. The average molecular weight is 407 g/mol. The van der Waals surface area contributed by atoms with Gasteiger partial charge in [-0.3, -0.25) is 9.48 Å². The highest BCUT2D eigenvalue weighted by Crippen LogP contribution is 2.35. The summed E-state index contributed by atoms with van der Waals surface area (Å²) in [6, 6.07) is -0.0922. The van der Waals surface area contributed by atoms with Crippen LogP contribution in [0.2, 0.25) is 5.02 Å². The molecule has 2 aromatic heterocycles. The number of ether oxygens (including phenoxy) is 2. The molecule has 2 aromatic rings. The standard InChI is InChI=1S/C18H23ClN6O3/c1-3-12(26)4-10-8-27-16-14(9-28-15(10)16)23-17-13(19)6-20-18(24-17)22-11-5-21-25(2)7-11/h5-7,10,14-16H,3-4,8-9H2,1-2H3,(H2,20,22,23,24). The maximum atomic E-state index is 11.8. The summed E-state index contributed by atoms with van der Waals surface area (Å²) in [4.78, 5) is 20.5. The highest BCUT2D eigenvalue weighted by molar-refractivity contribution is 6.32. The van der Waals surface area contributed by atoms with Crippen LogP contribution in [0.5, 0.6) is 0 Å². The van der Waals surface area contributed by atoms with Gasteiger partial charge in [-0.1, -0.05) is 18.5 Å². The molecule has 0 aromatic carbocycles. The number of aromatic nitrogens is 4. The molecular weight excluding hydrogens is 384 g/mol. The van der Waals surface area contributed by atoms with Crippen LogP contribution in [0.15, 0.2) is 18.6 Å². The maximum Gasteiger partial charge on any atom is 0.229 e. The van der Waals surface area contributed by atoms with Crippen LogP contribution >= 0.6 is 11.6 Å². The van der Waals surface area contributed by atoms with Crippen LogP contribution in [0, 0.1) is 5.92 Å². The van der Waals surface area contributed by atoms with Crippen molar-refractivity contribution in [1.29, 1.82) is 0 Å². The number of hydrogen-bond donors (Lipinski definition) is 2. The molecule has 9 nitrogen and oxygen atoms in total. The van der Waals surface area contributed by atoms with Crippen molar-refractivity contribution in [1.82, 2.24) is 19.7 Å². The molecule has 0 aliphatic carbocycles. The van der Waals surface area contributed by atoms with Gasteiger partial charge in [-0.15, -0.1) is 0 Å². The fraction of sp³-hybridized carbons (Fsp3) is 0.556. The van der Waals surface area contributed by atoms with Crippen LogP contribution in [0.3, 0.4) is 0 Å². The number of fused-ring (bicyclic) bond motifs is 1. The molecule has 0 saturated carbocycles. The lowest BCUT2D eigenvalue weighted by Gasteiger charge is -2.19. The molecule has 4 unspecified atom stereocenters. The number of hydrogen-bond acceptors (Lipinski definition) is 8. The number of halogens is 1. The van der Waals surface area contributed by atoms with Gasteiger partial charge in [0.05, 0.1) is 43.4 Å². The zero-order valence-corrected chi connectivity index (χ0v) is 16.5. The summed E-state index contributed by atoms with van der Waals surface area (Å²) in [5.41, 5.74) is 0.780. The number of aryl methyl sites for hydroxylation is 1. The Balaban J connectivity index is 1.43. The molecule has 28 heavy (non-hydrogen) atoms. The maximum absolute atomic E-state index is 11.8. The van der Waals surface area contributed by atoms with Crippen LogP contribution in [-0.2, 0) is 21.3 Å². The molecule has 0 spiro atoms. The Labute approximate surface area is 167 Å². The largest absolute Gasteiger partial charge is 0.373 e. The van der Waals surface area contributed by atoms with E-state index in [9.17, 15) is 4.79 Å². The Morgan fingerprint density at radius 2 is 2.14 bits per heavy atom. The van der Waals surface area contributed by atoms with Crippen molar-refractivity contribution >= 4 is 34.8 Å². The molecule has 0 radical (unpaired) electrons. The summed E-state index contributed by atoms with van der Waals surface area (Å²) in [5.74, 6) is 1.26. The summed E-state index contributed by atoms with van der Waals surface area (Å²) in [6.07, 6.45) is 5.88. The van der Waals surface area contributed by atoms with Crippen molar-refractivity contribution < 1.29 is 14.3 Å². The Morgan fingerprint density at radius 3 is 2.89 bits per heavy atom. The van der Waals surface area contributed by atoms with Crippen molar-refractivity contribution in [3.05, 3.63) is 23.6 Å². The number of ketones is 1. The molecule has 2 saturated heterocycles. The van der Waals surface area contributed by atoms with Crippen LogP contribution in [0.25, 0.3) is 0 Å². The van der Waals surface area contributed by atoms with Gasteiger partial charge in [-0.2, -0.15) is 10.1 Å². The van der Waals surface area contributed by atoms with E-state index in [2.05, 4.69) is 25.7 Å². The lowest BCUT2D eigenvalue weighted by atomic mass is 9.94. The van der Waals surface area contributed by atoms with Crippen LogP contribution in [-0.4, -0.2) is 57.0 Å². The number of carbonyl (C=O) groups is 1. The van der Waals surface area contributed by atoms with E-state index in [1.807, 2.05) is 20.2 Å². The highest BCUT2D eigenvalue weighted by atomic mass is 35.5. The second kappa shape index (κ2) is 8.02. The second-order valence-corrected chi connectivity index (χ2v) is 7.53. The molecule has 2 aliphatic heterocycles. The minimum absolute atomic E-state index is 0.0819. The summed E-state index contributed by atoms with van der Waals surface area (Å²) in [5, 5.41) is 10.9. The number of rotatable bonds is 7. The van der Waals surface area contributed by atoms with Gasteiger partial charge in [-0.25, -0.2) is 4.98 Å². The smallest absolute Gasteiger partial charge is 0.229 e. The zero-order valence-electron chi connectivity index (χ0n) is 15.8. The van der Waals surface area contributed by atoms with E-state index in [0.717, 1.165) is 5.69 Å². The van der Waals surface area contributed by atoms with Gasteiger partial charge in [0.2, 0.25) is 5.95 Å². The quantitative estimate of drug-likeness (QED) is 0.721. The third kappa shape index (κ3) is 3.96. The molecule has 2 N–H and O–H groups in total. The van der Waals surface area contributed by atoms with E-state index in [1.54, 1.807) is 17.1 Å². The summed E-state index contributed by atoms with van der Waals surface area (Å²) >= 11 is 6.28. The van der Waals surface area contributed by atoms with Gasteiger partial charge < -0.3 is 20.1 Å². The fourth-order valence-electron chi connectivity index (χ4n) is 3.63. The van der Waals surface area contributed by atoms with E-state index in [-0.39, 0.29) is 30.0 Å². The van der Waals surface area contributed by atoms with Gasteiger partial charge in [0, 0.05) is 32.0 Å². The van der Waals surface area contributed by atoms with Crippen molar-refractivity contribution in [2.75, 3.05) is 23.8 Å². The number of carbonyl (C=O) groups excluding carboxylic acids is 1. The first kappa shape index (κ1) is 19.1. The number of anilines is 3. The third-order valence-corrected chi connectivity index (χ3v) is 5.34. The molecular formula is C18H23ClN6O3. The molecule has 4 atom stereocenters. The Bertz CT molecular complexity index is 860. The van der Waals surface area contributed by atoms with Crippen molar-refractivity contribution in [2.24, 2.45) is 13.0 Å². The Hall–Kier alpha value is -2.23. The van der Waals surface area contributed by atoms with E-state index in [4.69, 9.17) is 21.1 Å². The topological polar surface area (TPSA) is 103 Å².